The molecular weight excluding hydrogens is 212 g/mol. The fourth-order valence-corrected chi connectivity index (χ4v) is 1.35. The molecule has 0 amide bonds. The van der Waals surface area contributed by atoms with Gasteiger partial charge in [-0.15, -0.1) is 0 Å². The summed E-state index contributed by atoms with van der Waals surface area (Å²) in [4.78, 5) is 11.3. The Morgan fingerprint density at radius 1 is 1.12 bits per heavy atom. The van der Waals surface area contributed by atoms with Gasteiger partial charge in [-0.05, 0) is 39.5 Å². The molecule has 0 radical (unpaired) electrons. The lowest BCUT2D eigenvalue weighted by atomic mass is 10.2. The number of carbonyl (C=O) groups is 1. The highest BCUT2D eigenvalue weighted by Gasteiger charge is 2.02. The van der Waals surface area contributed by atoms with Crippen LogP contribution in [0.2, 0.25) is 0 Å². The van der Waals surface area contributed by atoms with Crippen molar-refractivity contribution in [3.05, 3.63) is 23.8 Å². The molecule has 2 heteroatoms. The highest BCUT2D eigenvalue weighted by Crippen LogP contribution is 2.02. The van der Waals surface area contributed by atoms with Crippen LogP contribution >= 0.6 is 0 Å². The van der Waals surface area contributed by atoms with E-state index in [1.165, 1.54) is 25.7 Å². The van der Waals surface area contributed by atoms with Gasteiger partial charge in [-0.2, -0.15) is 0 Å². The summed E-state index contributed by atoms with van der Waals surface area (Å²) in [6.07, 6.45) is 13.1. The topological polar surface area (TPSA) is 26.3 Å². The number of esters is 1. The molecule has 0 aromatic carbocycles. The Morgan fingerprint density at radius 3 is 2.35 bits per heavy atom. The second kappa shape index (κ2) is 11.4. The summed E-state index contributed by atoms with van der Waals surface area (Å²) in [5.74, 6) is -0.195. The molecule has 0 rings (SSSR count). The van der Waals surface area contributed by atoms with Gasteiger partial charge in [-0.3, -0.25) is 0 Å². The van der Waals surface area contributed by atoms with Crippen LogP contribution in [-0.4, -0.2) is 12.6 Å². The molecule has 0 bridgehead atoms. The molecule has 0 heterocycles. The smallest absolute Gasteiger partial charge is 0.333 e. The average molecular weight is 238 g/mol. The fraction of sp³-hybridized carbons (Fsp3) is 0.667. The van der Waals surface area contributed by atoms with Gasteiger partial charge < -0.3 is 4.74 Å². The van der Waals surface area contributed by atoms with Crippen molar-refractivity contribution in [2.45, 2.75) is 59.3 Å². The number of hydrogen-bond donors (Lipinski definition) is 0. The summed E-state index contributed by atoms with van der Waals surface area (Å²) < 4.78 is 5.10. The normalized spacial score (nSPS) is 12.1. The van der Waals surface area contributed by atoms with Gasteiger partial charge in [0.05, 0.1) is 6.61 Å². The minimum absolute atomic E-state index is 0.195. The first-order chi connectivity index (χ1) is 8.22. The highest BCUT2D eigenvalue weighted by atomic mass is 16.5. The number of hydrogen-bond acceptors (Lipinski definition) is 2. The van der Waals surface area contributed by atoms with Gasteiger partial charge >= 0.3 is 5.97 Å². The SMILES string of the molecule is C/C=C(/C)C(=O)OCCC/C=C\CCCCC. The lowest BCUT2D eigenvalue weighted by Gasteiger charge is -2.02. The zero-order valence-corrected chi connectivity index (χ0v) is 11.5. The minimum Gasteiger partial charge on any atom is -0.462 e. The molecule has 0 spiro atoms. The summed E-state index contributed by atoms with van der Waals surface area (Å²) in [5, 5.41) is 0. The summed E-state index contributed by atoms with van der Waals surface area (Å²) in [5.41, 5.74) is 0.681. The molecule has 0 unspecified atom stereocenters. The first-order valence-corrected chi connectivity index (χ1v) is 6.67. The lowest BCUT2D eigenvalue weighted by molar-refractivity contribution is -0.139. The van der Waals surface area contributed by atoms with Crippen LogP contribution in [0.25, 0.3) is 0 Å². The molecule has 0 saturated heterocycles. The average Bonchev–Trinajstić information content (AvgIpc) is 2.35. The van der Waals surface area contributed by atoms with E-state index in [4.69, 9.17) is 4.74 Å². The molecule has 0 aromatic heterocycles. The lowest BCUT2D eigenvalue weighted by Crippen LogP contribution is -2.06. The maximum atomic E-state index is 11.3. The van der Waals surface area contributed by atoms with Gasteiger partial charge in [0.1, 0.15) is 0 Å². The Bertz CT molecular complexity index is 252. The molecule has 0 fully saturated rings. The summed E-state index contributed by atoms with van der Waals surface area (Å²) in [6.45, 7) is 6.35. The van der Waals surface area contributed by atoms with E-state index in [2.05, 4.69) is 19.1 Å². The van der Waals surface area contributed by atoms with Crippen LogP contribution in [0.1, 0.15) is 59.3 Å². The first kappa shape index (κ1) is 16.0. The monoisotopic (exact) mass is 238 g/mol. The molecule has 0 aliphatic carbocycles. The fourth-order valence-electron chi connectivity index (χ4n) is 1.35. The molecule has 0 aliphatic rings. The maximum absolute atomic E-state index is 11.3. The first-order valence-electron chi connectivity index (χ1n) is 6.67. The van der Waals surface area contributed by atoms with Crippen LogP contribution in [0.3, 0.4) is 0 Å². The highest BCUT2D eigenvalue weighted by molar-refractivity contribution is 5.87. The largest absolute Gasteiger partial charge is 0.462 e. The number of ether oxygens (including phenoxy) is 1. The zero-order chi connectivity index (χ0) is 12.9. The summed E-state index contributed by atoms with van der Waals surface area (Å²) in [6, 6.07) is 0. The molecule has 98 valence electrons. The van der Waals surface area contributed by atoms with Crippen molar-refractivity contribution < 1.29 is 9.53 Å². The van der Waals surface area contributed by atoms with Crippen molar-refractivity contribution in [3.8, 4) is 0 Å². The van der Waals surface area contributed by atoms with Crippen molar-refractivity contribution in [1.29, 1.82) is 0 Å². The Labute approximate surface area is 106 Å². The van der Waals surface area contributed by atoms with Crippen LogP contribution in [-0.2, 0) is 9.53 Å². The van der Waals surface area contributed by atoms with E-state index in [1.54, 1.807) is 13.0 Å². The van der Waals surface area contributed by atoms with Gasteiger partial charge in [-0.1, -0.05) is 38.0 Å². The molecule has 2 nitrogen and oxygen atoms in total. The van der Waals surface area contributed by atoms with Gasteiger partial charge in [-0.25, -0.2) is 4.79 Å². The molecule has 0 saturated carbocycles. The molecule has 0 N–H and O–H groups in total. The third-order valence-electron chi connectivity index (χ3n) is 2.64. The second-order valence-electron chi connectivity index (χ2n) is 4.22. The van der Waals surface area contributed by atoms with Gasteiger partial charge in [0, 0.05) is 5.57 Å². The van der Waals surface area contributed by atoms with Crippen LogP contribution in [0, 0.1) is 0 Å². The zero-order valence-electron chi connectivity index (χ0n) is 11.5. The van der Waals surface area contributed by atoms with Gasteiger partial charge in [0.2, 0.25) is 0 Å². The van der Waals surface area contributed by atoms with E-state index in [0.29, 0.717) is 12.2 Å². The van der Waals surface area contributed by atoms with Crippen molar-refractivity contribution in [2.24, 2.45) is 0 Å². The van der Waals surface area contributed by atoms with Crippen LogP contribution < -0.4 is 0 Å². The summed E-state index contributed by atoms with van der Waals surface area (Å²) >= 11 is 0. The predicted molar refractivity (Wildman–Crippen MR) is 72.9 cm³/mol. The Hall–Kier alpha value is -1.05. The second-order valence-corrected chi connectivity index (χ2v) is 4.22. The van der Waals surface area contributed by atoms with E-state index < -0.39 is 0 Å². The summed E-state index contributed by atoms with van der Waals surface area (Å²) in [7, 11) is 0. The number of allylic oxidation sites excluding steroid dienone is 3. The van der Waals surface area contributed by atoms with Crippen LogP contribution in [0.15, 0.2) is 23.8 Å². The standard InChI is InChI=1S/C15H26O2/c1-4-6-7-8-9-10-11-12-13-17-15(16)14(3)5-2/h5,9-10H,4,6-8,11-13H2,1-3H3/b10-9-,14-5-. The number of carbonyl (C=O) groups excluding carboxylic acids is 1. The van der Waals surface area contributed by atoms with Crippen molar-refractivity contribution in [2.75, 3.05) is 6.61 Å². The van der Waals surface area contributed by atoms with E-state index >= 15 is 0 Å². The van der Waals surface area contributed by atoms with Crippen molar-refractivity contribution in [1.82, 2.24) is 0 Å². The molecule has 0 atom stereocenters. The van der Waals surface area contributed by atoms with E-state index in [-0.39, 0.29) is 5.97 Å². The third-order valence-corrected chi connectivity index (χ3v) is 2.64. The van der Waals surface area contributed by atoms with Gasteiger partial charge in [0.25, 0.3) is 0 Å². The minimum atomic E-state index is -0.195. The molecule has 0 aromatic rings. The molecular formula is C15H26O2. The Balaban J connectivity index is 3.37. The Kier molecular flexibility index (Phi) is 10.7. The van der Waals surface area contributed by atoms with Crippen molar-refractivity contribution >= 4 is 5.97 Å². The Morgan fingerprint density at radius 2 is 1.76 bits per heavy atom. The number of rotatable bonds is 9. The van der Waals surface area contributed by atoms with E-state index in [1.807, 2.05) is 6.92 Å². The predicted octanol–water partition coefficient (Wildman–Crippen LogP) is 4.41. The van der Waals surface area contributed by atoms with Gasteiger partial charge in [0.15, 0.2) is 0 Å². The molecule has 17 heavy (non-hydrogen) atoms. The van der Waals surface area contributed by atoms with E-state index in [9.17, 15) is 4.79 Å². The quantitative estimate of drug-likeness (QED) is 0.257. The van der Waals surface area contributed by atoms with E-state index in [0.717, 1.165) is 12.8 Å². The maximum Gasteiger partial charge on any atom is 0.333 e. The number of unbranched alkanes of at least 4 members (excludes halogenated alkanes) is 4. The third kappa shape index (κ3) is 9.86. The van der Waals surface area contributed by atoms with Crippen LogP contribution in [0.5, 0.6) is 0 Å². The van der Waals surface area contributed by atoms with Crippen molar-refractivity contribution in [3.63, 3.8) is 0 Å². The molecule has 0 aliphatic heterocycles. The van der Waals surface area contributed by atoms with Crippen LogP contribution in [0.4, 0.5) is 0 Å².